The fourth-order valence-corrected chi connectivity index (χ4v) is 4.09. The molecule has 0 atom stereocenters. The monoisotopic (exact) mass is 359 g/mol. The van der Waals surface area contributed by atoms with Gasteiger partial charge in [0.1, 0.15) is 11.5 Å². The minimum atomic E-state index is -3.55. The molecule has 0 amide bonds. The second-order valence-corrected chi connectivity index (χ2v) is 7.63. The number of rotatable bonds is 6. The summed E-state index contributed by atoms with van der Waals surface area (Å²) in [5.74, 6) is 1.27. The molecule has 0 bridgehead atoms. The quantitative estimate of drug-likeness (QED) is 0.861. The van der Waals surface area contributed by atoms with E-state index < -0.39 is 10.0 Å². The van der Waals surface area contributed by atoms with Gasteiger partial charge < -0.3 is 9.47 Å². The average molecular weight is 359 g/mol. The number of aryl methyl sites for hydroxylation is 1. The van der Waals surface area contributed by atoms with Crippen molar-refractivity contribution in [1.82, 2.24) is 4.72 Å². The van der Waals surface area contributed by atoms with Crippen molar-refractivity contribution < 1.29 is 17.9 Å². The van der Waals surface area contributed by atoms with E-state index in [9.17, 15) is 8.42 Å². The van der Waals surface area contributed by atoms with E-state index in [0.717, 1.165) is 17.5 Å². The molecule has 0 saturated carbocycles. The molecule has 3 rings (SSSR count). The number of ether oxygens (including phenoxy) is 2. The summed E-state index contributed by atoms with van der Waals surface area (Å²) in [6, 6.07) is 13.2. The Hall–Kier alpha value is -2.31. The summed E-state index contributed by atoms with van der Waals surface area (Å²) in [5.41, 5.74) is 2.87. The van der Waals surface area contributed by atoms with Gasteiger partial charge in [0.15, 0.2) is 0 Å². The molecule has 0 heterocycles. The molecule has 5 nitrogen and oxygen atoms in total. The lowest BCUT2D eigenvalue weighted by atomic mass is 9.98. The maximum Gasteiger partial charge on any atom is 0.237 e. The highest BCUT2D eigenvalue weighted by molar-refractivity contribution is 7.93. The van der Waals surface area contributed by atoms with Gasteiger partial charge in [-0.1, -0.05) is 24.3 Å². The molecule has 2 aromatic rings. The molecule has 132 valence electrons. The Kier molecular flexibility index (Phi) is 5.11. The third-order valence-corrected chi connectivity index (χ3v) is 5.83. The highest BCUT2D eigenvalue weighted by atomic mass is 32.2. The van der Waals surface area contributed by atoms with Crippen LogP contribution in [0.1, 0.15) is 23.1 Å². The zero-order chi connectivity index (χ0) is 17.9. The number of nitrogens with one attached hydrogen (secondary N) is 1. The zero-order valence-corrected chi connectivity index (χ0v) is 15.1. The Balaban J connectivity index is 1.80. The van der Waals surface area contributed by atoms with Crippen LogP contribution in [-0.2, 0) is 23.0 Å². The van der Waals surface area contributed by atoms with Gasteiger partial charge in [-0.25, -0.2) is 13.1 Å². The van der Waals surface area contributed by atoms with Crippen LogP contribution in [0.4, 0.5) is 0 Å². The summed E-state index contributed by atoms with van der Waals surface area (Å²) < 4.78 is 38.5. The minimum absolute atomic E-state index is 0.141. The van der Waals surface area contributed by atoms with Crippen molar-refractivity contribution in [2.75, 3.05) is 14.2 Å². The molecule has 0 saturated heterocycles. The Bertz CT molecular complexity index is 903. The van der Waals surface area contributed by atoms with Gasteiger partial charge in [0.2, 0.25) is 10.0 Å². The van der Waals surface area contributed by atoms with Crippen LogP contribution < -0.4 is 14.2 Å². The van der Waals surface area contributed by atoms with Gasteiger partial charge in [0.25, 0.3) is 0 Å². The Morgan fingerprint density at radius 3 is 2.60 bits per heavy atom. The van der Waals surface area contributed by atoms with Gasteiger partial charge in [-0.15, -0.1) is 0 Å². The number of sulfonamides is 1. The van der Waals surface area contributed by atoms with E-state index in [-0.39, 0.29) is 6.54 Å². The lowest BCUT2D eigenvalue weighted by molar-refractivity contribution is 0.398. The molecule has 0 aromatic heterocycles. The predicted molar refractivity (Wildman–Crippen MR) is 98.0 cm³/mol. The molecule has 0 unspecified atom stereocenters. The topological polar surface area (TPSA) is 64.6 Å². The van der Waals surface area contributed by atoms with Gasteiger partial charge in [-0.2, -0.15) is 0 Å². The molecular weight excluding hydrogens is 338 g/mol. The molecular formula is C19H21NO4S. The summed E-state index contributed by atoms with van der Waals surface area (Å²) in [6.45, 7) is 0.141. The molecule has 25 heavy (non-hydrogen) atoms. The van der Waals surface area contributed by atoms with E-state index in [0.29, 0.717) is 22.8 Å². The van der Waals surface area contributed by atoms with E-state index in [1.807, 2.05) is 24.3 Å². The molecule has 0 aliphatic heterocycles. The normalized spacial score (nSPS) is 13.8. The standard InChI is InChI=1S/C19H21NO4S/c1-23-17-8-10-19(24-2)16(11-17)13-20-25(21,22)18-9-7-14-5-3-4-6-15(14)12-18/h3-6,8,10-12,20H,7,9,13H2,1-2H3. The first-order chi connectivity index (χ1) is 12.0. The second kappa shape index (κ2) is 7.29. The number of benzene rings is 2. The van der Waals surface area contributed by atoms with Crippen LogP contribution in [0, 0.1) is 0 Å². The summed E-state index contributed by atoms with van der Waals surface area (Å²) in [5, 5.41) is 0. The van der Waals surface area contributed by atoms with E-state index in [1.165, 1.54) is 5.56 Å². The molecule has 1 aliphatic rings. The van der Waals surface area contributed by atoms with Crippen molar-refractivity contribution in [3.05, 3.63) is 64.1 Å². The van der Waals surface area contributed by atoms with Crippen LogP contribution in [0.25, 0.3) is 6.08 Å². The summed E-state index contributed by atoms with van der Waals surface area (Å²) in [7, 11) is -0.429. The number of fused-ring (bicyclic) bond motifs is 1. The third-order valence-electron chi connectivity index (χ3n) is 4.30. The smallest absolute Gasteiger partial charge is 0.237 e. The van der Waals surface area contributed by atoms with Crippen LogP contribution in [0.2, 0.25) is 0 Å². The first-order valence-corrected chi connectivity index (χ1v) is 9.51. The van der Waals surface area contributed by atoms with Gasteiger partial charge in [-0.3, -0.25) is 0 Å². The van der Waals surface area contributed by atoms with E-state index in [1.54, 1.807) is 38.5 Å². The van der Waals surface area contributed by atoms with Crippen LogP contribution in [-0.4, -0.2) is 22.6 Å². The fourth-order valence-electron chi connectivity index (χ4n) is 2.90. The maximum absolute atomic E-state index is 12.7. The Labute approximate surface area is 148 Å². The largest absolute Gasteiger partial charge is 0.497 e. The zero-order valence-electron chi connectivity index (χ0n) is 14.3. The number of allylic oxidation sites excluding steroid dienone is 1. The molecule has 0 fully saturated rings. The molecule has 0 spiro atoms. The SMILES string of the molecule is COc1ccc(OC)c(CNS(=O)(=O)C2=Cc3ccccc3CC2)c1. The number of hydrogen-bond acceptors (Lipinski definition) is 4. The molecule has 2 aromatic carbocycles. The Morgan fingerprint density at radius 2 is 1.84 bits per heavy atom. The summed E-state index contributed by atoms with van der Waals surface area (Å²) >= 11 is 0. The van der Waals surface area contributed by atoms with E-state index in [2.05, 4.69) is 4.72 Å². The van der Waals surface area contributed by atoms with Crippen molar-refractivity contribution >= 4 is 16.1 Å². The van der Waals surface area contributed by atoms with Crippen molar-refractivity contribution in [2.45, 2.75) is 19.4 Å². The molecule has 0 radical (unpaired) electrons. The molecule has 1 aliphatic carbocycles. The van der Waals surface area contributed by atoms with Gasteiger partial charge in [0, 0.05) is 12.1 Å². The first-order valence-electron chi connectivity index (χ1n) is 8.02. The van der Waals surface area contributed by atoms with Crippen LogP contribution in [0.15, 0.2) is 47.4 Å². The predicted octanol–water partition coefficient (Wildman–Crippen LogP) is 3.11. The van der Waals surface area contributed by atoms with Crippen molar-refractivity contribution in [3.8, 4) is 11.5 Å². The first kappa shape index (κ1) is 17.5. The highest BCUT2D eigenvalue weighted by Crippen LogP contribution is 2.28. The van der Waals surface area contributed by atoms with Crippen molar-refractivity contribution in [1.29, 1.82) is 0 Å². The summed E-state index contributed by atoms with van der Waals surface area (Å²) in [6.07, 6.45) is 2.98. The van der Waals surface area contributed by atoms with Gasteiger partial charge >= 0.3 is 0 Å². The van der Waals surface area contributed by atoms with Gasteiger partial charge in [0.05, 0.1) is 19.1 Å². The molecule has 6 heteroatoms. The lowest BCUT2D eigenvalue weighted by Gasteiger charge is -2.17. The lowest BCUT2D eigenvalue weighted by Crippen LogP contribution is -2.26. The number of methoxy groups -OCH3 is 2. The van der Waals surface area contributed by atoms with Crippen molar-refractivity contribution in [3.63, 3.8) is 0 Å². The number of hydrogen-bond donors (Lipinski definition) is 1. The maximum atomic E-state index is 12.7. The van der Waals surface area contributed by atoms with Gasteiger partial charge in [-0.05, 0) is 48.2 Å². The average Bonchev–Trinajstić information content (AvgIpc) is 2.65. The fraction of sp³-hybridized carbons (Fsp3) is 0.263. The highest BCUT2D eigenvalue weighted by Gasteiger charge is 2.22. The molecule has 1 N–H and O–H groups in total. The van der Waals surface area contributed by atoms with Crippen LogP contribution in [0.3, 0.4) is 0 Å². The second-order valence-electron chi connectivity index (χ2n) is 5.81. The van der Waals surface area contributed by atoms with E-state index >= 15 is 0 Å². The minimum Gasteiger partial charge on any atom is -0.497 e. The van der Waals surface area contributed by atoms with Crippen LogP contribution >= 0.6 is 0 Å². The Morgan fingerprint density at radius 1 is 1.04 bits per heavy atom. The third kappa shape index (κ3) is 3.86. The van der Waals surface area contributed by atoms with Crippen molar-refractivity contribution in [2.24, 2.45) is 0 Å². The van der Waals surface area contributed by atoms with E-state index in [4.69, 9.17) is 9.47 Å². The van der Waals surface area contributed by atoms with Crippen LogP contribution in [0.5, 0.6) is 11.5 Å². The summed E-state index contributed by atoms with van der Waals surface area (Å²) in [4.78, 5) is 0.410.